The number of nitrogens with one attached hydrogen (secondary N) is 2. The molecule has 0 radical (unpaired) electrons. The number of rotatable bonds is 6. The lowest BCUT2D eigenvalue weighted by atomic mass is 9.91. The molecule has 1 amide bonds. The van der Waals surface area contributed by atoms with Crippen molar-refractivity contribution in [2.75, 3.05) is 19.3 Å². The third-order valence-corrected chi connectivity index (χ3v) is 5.59. The van der Waals surface area contributed by atoms with Gasteiger partial charge in [-0.05, 0) is 44.9 Å². The molecule has 1 aliphatic carbocycles. The normalized spacial score (nSPS) is 30.2. The minimum atomic E-state index is -0.261. The molecule has 4 heteroatoms. The maximum absolute atomic E-state index is 12.4. The van der Waals surface area contributed by atoms with Gasteiger partial charge in [-0.1, -0.05) is 13.3 Å². The van der Waals surface area contributed by atoms with Crippen LogP contribution < -0.4 is 10.6 Å². The zero-order valence-corrected chi connectivity index (χ0v) is 11.8. The summed E-state index contributed by atoms with van der Waals surface area (Å²) in [6, 6.07) is 0. The molecule has 2 N–H and O–H groups in total. The van der Waals surface area contributed by atoms with Crippen LogP contribution in [0, 0.1) is 0 Å². The van der Waals surface area contributed by atoms with Crippen molar-refractivity contribution < 1.29 is 4.79 Å². The van der Waals surface area contributed by atoms with Crippen LogP contribution >= 0.6 is 11.8 Å². The summed E-state index contributed by atoms with van der Waals surface area (Å²) >= 11 is 1.90. The van der Waals surface area contributed by atoms with E-state index in [9.17, 15) is 4.79 Å². The van der Waals surface area contributed by atoms with E-state index in [2.05, 4.69) is 23.8 Å². The van der Waals surface area contributed by atoms with E-state index in [1.165, 1.54) is 12.8 Å². The van der Waals surface area contributed by atoms with Crippen LogP contribution in [0.25, 0.3) is 0 Å². The van der Waals surface area contributed by atoms with Gasteiger partial charge in [0.2, 0.25) is 5.91 Å². The highest BCUT2D eigenvalue weighted by Gasteiger charge is 2.45. The van der Waals surface area contributed by atoms with Gasteiger partial charge in [0.1, 0.15) is 0 Å². The van der Waals surface area contributed by atoms with Crippen molar-refractivity contribution in [3.05, 3.63) is 0 Å². The lowest BCUT2D eigenvalue weighted by Gasteiger charge is -2.28. The summed E-state index contributed by atoms with van der Waals surface area (Å²) in [7, 11) is 0. The molecule has 3 nitrogen and oxygen atoms in total. The molecule has 2 fully saturated rings. The Bertz CT molecular complexity index is 283. The second kappa shape index (κ2) is 5.19. The molecule has 0 bridgehead atoms. The first-order valence-corrected chi connectivity index (χ1v) is 7.97. The Morgan fingerprint density at radius 3 is 2.65 bits per heavy atom. The van der Waals surface area contributed by atoms with Gasteiger partial charge < -0.3 is 10.6 Å². The average molecular weight is 256 g/mol. The highest BCUT2D eigenvalue weighted by molar-refractivity contribution is 8.00. The van der Waals surface area contributed by atoms with Crippen molar-refractivity contribution in [2.24, 2.45) is 0 Å². The number of amides is 1. The van der Waals surface area contributed by atoms with Gasteiger partial charge in [0, 0.05) is 11.3 Å². The monoisotopic (exact) mass is 256 g/mol. The summed E-state index contributed by atoms with van der Waals surface area (Å²) in [5, 5.41) is 6.61. The standard InChI is InChI=1S/C13H24N2OS/c1-3-5-13(6-4-9-15-13)11(16)14-10-12(17-2)7-8-12/h15H,3-10H2,1-2H3,(H,14,16). The van der Waals surface area contributed by atoms with Crippen LogP contribution in [0.5, 0.6) is 0 Å². The Morgan fingerprint density at radius 1 is 1.41 bits per heavy atom. The summed E-state index contributed by atoms with van der Waals surface area (Å²) in [6.45, 7) is 3.99. The quantitative estimate of drug-likeness (QED) is 0.763. The van der Waals surface area contributed by atoms with E-state index in [0.717, 1.165) is 38.8 Å². The Hall–Kier alpha value is -0.220. The number of thioether (sulfide) groups is 1. The number of carbonyl (C=O) groups is 1. The van der Waals surface area contributed by atoms with Crippen LogP contribution in [0.1, 0.15) is 45.4 Å². The minimum absolute atomic E-state index is 0.233. The summed E-state index contributed by atoms with van der Waals surface area (Å²) in [5.41, 5.74) is -0.261. The topological polar surface area (TPSA) is 41.1 Å². The van der Waals surface area contributed by atoms with Gasteiger partial charge in [0.15, 0.2) is 0 Å². The molecule has 0 aromatic carbocycles. The van der Waals surface area contributed by atoms with E-state index < -0.39 is 0 Å². The largest absolute Gasteiger partial charge is 0.353 e. The van der Waals surface area contributed by atoms with E-state index >= 15 is 0 Å². The Balaban J connectivity index is 1.88. The molecule has 0 aromatic rings. The molecule has 2 aliphatic rings. The van der Waals surface area contributed by atoms with Crippen LogP contribution in [0.4, 0.5) is 0 Å². The fourth-order valence-electron chi connectivity index (χ4n) is 2.76. The average Bonchev–Trinajstić information content (AvgIpc) is 2.98. The number of carbonyl (C=O) groups excluding carboxylic acids is 1. The molecule has 1 aliphatic heterocycles. The molecule has 1 heterocycles. The van der Waals surface area contributed by atoms with Gasteiger partial charge in [-0.2, -0.15) is 11.8 Å². The smallest absolute Gasteiger partial charge is 0.240 e. The molecule has 2 rings (SSSR count). The maximum atomic E-state index is 12.4. The molecule has 0 aromatic heterocycles. The van der Waals surface area contributed by atoms with Crippen LogP contribution in [-0.4, -0.2) is 35.5 Å². The van der Waals surface area contributed by atoms with Crippen molar-refractivity contribution in [3.8, 4) is 0 Å². The van der Waals surface area contributed by atoms with Gasteiger partial charge in [0.25, 0.3) is 0 Å². The fraction of sp³-hybridized carbons (Fsp3) is 0.923. The Kier molecular flexibility index (Phi) is 4.03. The van der Waals surface area contributed by atoms with E-state index in [1.807, 2.05) is 11.8 Å². The molecule has 1 atom stereocenters. The molecule has 17 heavy (non-hydrogen) atoms. The summed E-state index contributed by atoms with van der Waals surface area (Å²) in [4.78, 5) is 12.4. The molecular weight excluding hydrogens is 232 g/mol. The molecular formula is C13H24N2OS. The summed E-state index contributed by atoms with van der Waals surface area (Å²) in [6.07, 6.45) is 8.80. The van der Waals surface area contributed by atoms with Gasteiger partial charge in [0.05, 0.1) is 5.54 Å². The third kappa shape index (κ3) is 2.79. The first-order valence-electron chi connectivity index (χ1n) is 6.75. The highest BCUT2D eigenvalue weighted by Crippen LogP contribution is 2.46. The number of hydrogen-bond donors (Lipinski definition) is 2. The van der Waals surface area contributed by atoms with Crippen LogP contribution in [0.2, 0.25) is 0 Å². The highest BCUT2D eigenvalue weighted by atomic mass is 32.2. The van der Waals surface area contributed by atoms with E-state index in [4.69, 9.17) is 0 Å². The Morgan fingerprint density at radius 2 is 2.18 bits per heavy atom. The van der Waals surface area contributed by atoms with Crippen molar-refractivity contribution in [1.29, 1.82) is 0 Å². The van der Waals surface area contributed by atoms with Crippen LogP contribution in [0.15, 0.2) is 0 Å². The first kappa shape index (κ1) is 13.2. The molecule has 1 unspecified atom stereocenters. The summed E-state index contributed by atoms with van der Waals surface area (Å²) < 4.78 is 0.363. The van der Waals surface area contributed by atoms with Gasteiger partial charge in [-0.25, -0.2) is 0 Å². The molecule has 98 valence electrons. The maximum Gasteiger partial charge on any atom is 0.240 e. The SMILES string of the molecule is CCCC1(C(=O)NCC2(SC)CC2)CCCN1. The van der Waals surface area contributed by atoms with Crippen LogP contribution in [0.3, 0.4) is 0 Å². The lowest BCUT2D eigenvalue weighted by Crippen LogP contribution is -2.54. The summed E-state index contributed by atoms with van der Waals surface area (Å²) in [5.74, 6) is 0.233. The molecule has 0 spiro atoms. The van der Waals surface area contributed by atoms with E-state index in [0.29, 0.717) is 4.75 Å². The van der Waals surface area contributed by atoms with Crippen molar-refractivity contribution >= 4 is 17.7 Å². The van der Waals surface area contributed by atoms with Gasteiger partial charge in [-0.15, -0.1) is 0 Å². The van der Waals surface area contributed by atoms with E-state index in [1.54, 1.807) is 0 Å². The van der Waals surface area contributed by atoms with Crippen molar-refractivity contribution in [1.82, 2.24) is 10.6 Å². The number of hydrogen-bond acceptors (Lipinski definition) is 3. The zero-order valence-electron chi connectivity index (χ0n) is 11.0. The van der Waals surface area contributed by atoms with Gasteiger partial charge in [-0.3, -0.25) is 4.79 Å². The predicted molar refractivity (Wildman–Crippen MR) is 73.4 cm³/mol. The lowest BCUT2D eigenvalue weighted by molar-refractivity contribution is -0.127. The van der Waals surface area contributed by atoms with Crippen molar-refractivity contribution in [3.63, 3.8) is 0 Å². The van der Waals surface area contributed by atoms with Crippen molar-refractivity contribution in [2.45, 2.75) is 55.7 Å². The van der Waals surface area contributed by atoms with Crippen LogP contribution in [-0.2, 0) is 4.79 Å². The minimum Gasteiger partial charge on any atom is -0.353 e. The second-order valence-corrected chi connectivity index (χ2v) is 6.71. The first-order chi connectivity index (χ1) is 8.16. The predicted octanol–water partition coefficient (Wildman–Crippen LogP) is 1.92. The molecule has 1 saturated heterocycles. The third-order valence-electron chi connectivity index (χ3n) is 4.17. The zero-order chi connectivity index (χ0) is 12.4. The fourth-order valence-corrected chi connectivity index (χ4v) is 3.48. The molecule has 1 saturated carbocycles. The Labute approximate surface area is 108 Å². The second-order valence-electron chi connectivity index (χ2n) is 5.43. The van der Waals surface area contributed by atoms with E-state index in [-0.39, 0.29) is 11.4 Å². The van der Waals surface area contributed by atoms with Gasteiger partial charge >= 0.3 is 0 Å².